The van der Waals surface area contributed by atoms with E-state index in [2.05, 4.69) is 4.99 Å². The number of hydrogen-bond acceptors (Lipinski definition) is 3. The molecular weight excluding hydrogens is 196 g/mol. The lowest BCUT2D eigenvalue weighted by atomic mass is 10.1. The second kappa shape index (κ2) is 3.94. The Bertz CT molecular complexity index is 401. The maximum absolute atomic E-state index is 11.0. The molecule has 1 amide bonds. The van der Waals surface area contributed by atoms with Crippen LogP contribution >= 0.6 is 11.8 Å². The van der Waals surface area contributed by atoms with Crippen LogP contribution in [0.2, 0.25) is 0 Å². The molecule has 3 nitrogen and oxygen atoms in total. The van der Waals surface area contributed by atoms with Crippen molar-refractivity contribution in [2.45, 2.75) is 6.54 Å². The molecule has 0 saturated carbocycles. The lowest BCUT2D eigenvalue weighted by Gasteiger charge is -2.05. The Morgan fingerprint density at radius 3 is 2.86 bits per heavy atom. The van der Waals surface area contributed by atoms with Gasteiger partial charge in [0.15, 0.2) is 0 Å². The first-order chi connectivity index (χ1) is 6.81. The molecule has 0 spiro atoms. The minimum absolute atomic E-state index is 0.0585. The van der Waals surface area contributed by atoms with Gasteiger partial charge in [0.25, 0.3) is 5.91 Å². The Morgan fingerprint density at radius 1 is 1.43 bits per heavy atom. The zero-order valence-corrected chi connectivity index (χ0v) is 8.38. The van der Waals surface area contributed by atoms with E-state index in [0.29, 0.717) is 12.3 Å². The zero-order chi connectivity index (χ0) is 9.97. The number of aliphatic imine (C=N–C) groups is 1. The van der Waals surface area contributed by atoms with Crippen molar-refractivity contribution in [3.63, 3.8) is 0 Å². The molecule has 72 valence electrons. The number of hydrogen-bond donors (Lipinski definition) is 1. The molecule has 0 aliphatic carbocycles. The Morgan fingerprint density at radius 2 is 2.21 bits per heavy atom. The van der Waals surface area contributed by atoms with Crippen LogP contribution in [0.25, 0.3) is 0 Å². The van der Waals surface area contributed by atoms with Crippen molar-refractivity contribution in [2.24, 2.45) is 10.7 Å². The van der Waals surface area contributed by atoms with Crippen LogP contribution in [-0.2, 0) is 11.3 Å². The summed E-state index contributed by atoms with van der Waals surface area (Å²) in [6.07, 6.45) is 0. The Kier molecular flexibility index (Phi) is 2.65. The van der Waals surface area contributed by atoms with Crippen LogP contribution in [0, 0.1) is 0 Å². The summed E-state index contributed by atoms with van der Waals surface area (Å²) in [5.41, 5.74) is 7.63. The predicted octanol–water partition coefficient (Wildman–Crippen LogP) is 1.17. The molecule has 2 rings (SSSR count). The smallest absolute Gasteiger partial charge is 0.257 e. The summed E-state index contributed by atoms with van der Waals surface area (Å²) in [5, 5.41) is 0.802. The number of carbonyl (C=O) groups excluding carboxylic acids is 1. The highest BCUT2D eigenvalue weighted by atomic mass is 32.2. The van der Waals surface area contributed by atoms with Gasteiger partial charge in [0, 0.05) is 12.1 Å². The van der Waals surface area contributed by atoms with Crippen molar-refractivity contribution >= 4 is 22.7 Å². The molecule has 14 heavy (non-hydrogen) atoms. The van der Waals surface area contributed by atoms with Gasteiger partial charge in [0.1, 0.15) is 5.04 Å². The van der Waals surface area contributed by atoms with Crippen molar-refractivity contribution in [1.82, 2.24) is 0 Å². The number of nitrogens with two attached hydrogens (primary N) is 1. The first kappa shape index (κ1) is 9.43. The zero-order valence-electron chi connectivity index (χ0n) is 7.56. The number of carbonyl (C=O) groups is 1. The van der Waals surface area contributed by atoms with Gasteiger partial charge < -0.3 is 5.73 Å². The SMILES string of the molecule is NCc1ccccc1C1=NC(=O)CS1. The van der Waals surface area contributed by atoms with Gasteiger partial charge in [-0.1, -0.05) is 36.0 Å². The van der Waals surface area contributed by atoms with Gasteiger partial charge in [-0.05, 0) is 5.56 Å². The topological polar surface area (TPSA) is 55.4 Å². The summed E-state index contributed by atoms with van der Waals surface area (Å²) in [6.45, 7) is 0.476. The Balaban J connectivity index is 2.41. The minimum atomic E-state index is -0.0585. The summed E-state index contributed by atoms with van der Waals surface area (Å²) < 4.78 is 0. The molecule has 0 bridgehead atoms. The predicted molar refractivity (Wildman–Crippen MR) is 58.3 cm³/mol. The maximum atomic E-state index is 11.0. The second-order valence-electron chi connectivity index (χ2n) is 2.96. The first-order valence-corrected chi connectivity index (χ1v) is 5.32. The van der Waals surface area contributed by atoms with Crippen LogP contribution in [0.3, 0.4) is 0 Å². The second-order valence-corrected chi connectivity index (χ2v) is 3.92. The lowest BCUT2D eigenvalue weighted by Crippen LogP contribution is -2.04. The molecule has 4 heteroatoms. The van der Waals surface area contributed by atoms with Crippen molar-refractivity contribution in [3.8, 4) is 0 Å². The van der Waals surface area contributed by atoms with E-state index < -0.39 is 0 Å². The van der Waals surface area contributed by atoms with Crippen molar-refractivity contribution in [3.05, 3.63) is 35.4 Å². The number of nitrogens with zero attached hydrogens (tertiary/aromatic N) is 1. The van der Waals surface area contributed by atoms with E-state index in [4.69, 9.17) is 5.73 Å². The molecule has 2 N–H and O–H groups in total. The molecule has 0 unspecified atom stereocenters. The quantitative estimate of drug-likeness (QED) is 0.790. The van der Waals surface area contributed by atoms with Crippen LogP contribution in [-0.4, -0.2) is 16.7 Å². The summed E-state index contributed by atoms with van der Waals surface area (Å²) in [6, 6.07) is 7.78. The fourth-order valence-electron chi connectivity index (χ4n) is 1.35. The van der Waals surface area contributed by atoms with Crippen LogP contribution in [0.15, 0.2) is 29.3 Å². The fourth-order valence-corrected chi connectivity index (χ4v) is 2.20. The van der Waals surface area contributed by atoms with Gasteiger partial charge in [0.05, 0.1) is 5.75 Å². The molecule has 1 aliphatic rings. The number of rotatable bonds is 2. The molecule has 0 saturated heterocycles. The van der Waals surface area contributed by atoms with E-state index in [1.807, 2.05) is 24.3 Å². The van der Waals surface area contributed by atoms with Crippen LogP contribution < -0.4 is 5.73 Å². The van der Waals surface area contributed by atoms with E-state index in [-0.39, 0.29) is 5.91 Å². The van der Waals surface area contributed by atoms with Crippen molar-refractivity contribution < 1.29 is 4.79 Å². The van der Waals surface area contributed by atoms with E-state index in [1.165, 1.54) is 11.8 Å². The molecule has 0 aromatic heterocycles. The van der Waals surface area contributed by atoms with Gasteiger partial charge >= 0.3 is 0 Å². The van der Waals surface area contributed by atoms with Gasteiger partial charge in [-0.2, -0.15) is 0 Å². The maximum Gasteiger partial charge on any atom is 0.257 e. The number of amides is 1. The molecule has 1 aromatic rings. The highest BCUT2D eigenvalue weighted by Crippen LogP contribution is 2.22. The van der Waals surface area contributed by atoms with Gasteiger partial charge in [-0.15, -0.1) is 0 Å². The highest BCUT2D eigenvalue weighted by molar-refractivity contribution is 8.15. The summed E-state index contributed by atoms with van der Waals surface area (Å²) in [4.78, 5) is 14.9. The highest BCUT2D eigenvalue weighted by Gasteiger charge is 2.17. The van der Waals surface area contributed by atoms with E-state index in [9.17, 15) is 4.79 Å². The molecular formula is C10H10N2OS. The summed E-state index contributed by atoms with van der Waals surface area (Å²) in [5.74, 6) is 0.394. The Hall–Kier alpha value is -1.13. The van der Waals surface area contributed by atoms with Gasteiger partial charge in [0.2, 0.25) is 0 Å². The molecule has 1 aliphatic heterocycles. The molecule has 0 radical (unpaired) electrons. The third-order valence-electron chi connectivity index (χ3n) is 2.03. The number of benzene rings is 1. The van der Waals surface area contributed by atoms with Gasteiger partial charge in [-0.3, -0.25) is 4.79 Å². The van der Waals surface area contributed by atoms with E-state index in [0.717, 1.165) is 16.2 Å². The third-order valence-corrected chi connectivity index (χ3v) is 3.00. The molecule has 0 fully saturated rings. The normalized spacial score (nSPS) is 15.8. The lowest BCUT2D eigenvalue weighted by molar-refractivity contribution is -0.115. The molecule has 1 heterocycles. The average molecular weight is 206 g/mol. The summed E-state index contributed by atoms with van der Waals surface area (Å²) in [7, 11) is 0. The van der Waals surface area contributed by atoms with Crippen LogP contribution in [0.5, 0.6) is 0 Å². The van der Waals surface area contributed by atoms with Crippen molar-refractivity contribution in [1.29, 1.82) is 0 Å². The van der Waals surface area contributed by atoms with Crippen molar-refractivity contribution in [2.75, 3.05) is 5.75 Å². The Labute approximate surface area is 86.4 Å². The average Bonchev–Trinajstić information content (AvgIpc) is 2.65. The first-order valence-electron chi connectivity index (χ1n) is 4.34. The van der Waals surface area contributed by atoms with Crippen LogP contribution in [0.1, 0.15) is 11.1 Å². The summed E-state index contributed by atoms with van der Waals surface area (Å²) >= 11 is 1.48. The number of thioether (sulfide) groups is 1. The standard InChI is InChI=1S/C10H10N2OS/c11-5-7-3-1-2-4-8(7)10-12-9(13)6-14-10/h1-4H,5-6,11H2. The molecule has 0 atom stereocenters. The fraction of sp³-hybridized carbons (Fsp3) is 0.200. The monoisotopic (exact) mass is 206 g/mol. The minimum Gasteiger partial charge on any atom is -0.326 e. The third kappa shape index (κ3) is 1.71. The van der Waals surface area contributed by atoms with E-state index >= 15 is 0 Å². The molecule has 1 aromatic carbocycles. The van der Waals surface area contributed by atoms with E-state index in [1.54, 1.807) is 0 Å². The largest absolute Gasteiger partial charge is 0.326 e. The van der Waals surface area contributed by atoms with Crippen LogP contribution in [0.4, 0.5) is 0 Å². The van der Waals surface area contributed by atoms with Gasteiger partial charge in [-0.25, -0.2) is 4.99 Å².